The fourth-order valence-electron chi connectivity index (χ4n) is 2.26. The highest BCUT2D eigenvalue weighted by molar-refractivity contribution is 5.94. The van der Waals surface area contributed by atoms with Crippen LogP contribution in [0.3, 0.4) is 0 Å². The van der Waals surface area contributed by atoms with Crippen molar-refractivity contribution in [2.45, 2.75) is 26.2 Å². The first-order chi connectivity index (χ1) is 11.1. The Labute approximate surface area is 136 Å². The molecule has 0 saturated carbocycles. The normalized spacial score (nSPS) is 10.2. The molecule has 0 spiro atoms. The molecular formula is C19H21NO3. The van der Waals surface area contributed by atoms with Crippen LogP contribution in [-0.2, 0) is 22.4 Å². The van der Waals surface area contributed by atoms with Crippen LogP contribution in [0.4, 0.5) is 5.69 Å². The largest absolute Gasteiger partial charge is 0.465 e. The van der Waals surface area contributed by atoms with Gasteiger partial charge in [0.2, 0.25) is 5.91 Å². The molecule has 1 amide bonds. The number of carbonyl (C=O) groups is 2. The zero-order valence-electron chi connectivity index (χ0n) is 13.5. The molecule has 4 heteroatoms. The van der Waals surface area contributed by atoms with Crippen LogP contribution in [0.25, 0.3) is 0 Å². The van der Waals surface area contributed by atoms with Crippen molar-refractivity contribution >= 4 is 17.6 Å². The Kier molecular flexibility index (Phi) is 5.92. The van der Waals surface area contributed by atoms with E-state index in [2.05, 4.69) is 41.2 Å². The molecule has 0 bridgehead atoms. The van der Waals surface area contributed by atoms with Crippen LogP contribution in [0.15, 0.2) is 48.5 Å². The van der Waals surface area contributed by atoms with Gasteiger partial charge in [0.25, 0.3) is 0 Å². The average molecular weight is 311 g/mol. The zero-order chi connectivity index (χ0) is 16.7. The van der Waals surface area contributed by atoms with E-state index in [0.717, 1.165) is 12.0 Å². The molecule has 2 aromatic rings. The maximum absolute atomic E-state index is 12.0. The second-order valence-electron chi connectivity index (χ2n) is 5.29. The maximum atomic E-state index is 12.0. The number of amides is 1. The van der Waals surface area contributed by atoms with Crippen molar-refractivity contribution < 1.29 is 14.3 Å². The Balaban J connectivity index is 1.90. The molecular weight excluding hydrogens is 290 g/mol. The third kappa shape index (κ3) is 4.95. The number of nitrogens with one attached hydrogen (secondary N) is 1. The molecule has 0 heterocycles. The van der Waals surface area contributed by atoms with Crippen LogP contribution in [0.5, 0.6) is 0 Å². The van der Waals surface area contributed by atoms with E-state index < -0.39 is 5.97 Å². The number of ether oxygens (including phenoxy) is 1. The number of aryl methyl sites for hydroxylation is 2. The van der Waals surface area contributed by atoms with Gasteiger partial charge in [-0.1, -0.05) is 37.3 Å². The first-order valence-corrected chi connectivity index (χ1v) is 7.68. The van der Waals surface area contributed by atoms with Gasteiger partial charge >= 0.3 is 5.97 Å². The maximum Gasteiger partial charge on any atom is 0.337 e. The third-order valence-corrected chi connectivity index (χ3v) is 3.64. The smallest absolute Gasteiger partial charge is 0.337 e. The molecule has 23 heavy (non-hydrogen) atoms. The van der Waals surface area contributed by atoms with E-state index in [0.29, 0.717) is 24.1 Å². The SMILES string of the molecule is CCc1ccc(CCC(=O)Nc2cccc(C(=O)OC)c2)cc1. The van der Waals surface area contributed by atoms with E-state index in [1.54, 1.807) is 24.3 Å². The number of benzene rings is 2. The predicted octanol–water partition coefficient (Wildman–Crippen LogP) is 3.61. The number of anilines is 1. The lowest BCUT2D eigenvalue weighted by atomic mass is 10.1. The van der Waals surface area contributed by atoms with Gasteiger partial charge in [0.15, 0.2) is 0 Å². The Bertz CT molecular complexity index is 677. The van der Waals surface area contributed by atoms with Gasteiger partial charge in [-0.2, -0.15) is 0 Å². The second-order valence-corrected chi connectivity index (χ2v) is 5.29. The quantitative estimate of drug-likeness (QED) is 0.829. The summed E-state index contributed by atoms with van der Waals surface area (Å²) in [5.41, 5.74) is 3.44. The fraction of sp³-hybridized carbons (Fsp3) is 0.263. The molecule has 0 unspecified atom stereocenters. The first kappa shape index (κ1) is 16.7. The summed E-state index contributed by atoms with van der Waals surface area (Å²) in [6.07, 6.45) is 2.09. The van der Waals surface area contributed by atoms with Gasteiger partial charge in [0.1, 0.15) is 0 Å². The Morgan fingerprint density at radius 2 is 1.74 bits per heavy atom. The van der Waals surface area contributed by atoms with Gasteiger partial charge in [-0.3, -0.25) is 4.79 Å². The van der Waals surface area contributed by atoms with Gasteiger partial charge in [-0.05, 0) is 42.2 Å². The lowest BCUT2D eigenvalue weighted by Gasteiger charge is -2.07. The number of hydrogen-bond acceptors (Lipinski definition) is 3. The van der Waals surface area contributed by atoms with Gasteiger partial charge in [-0.25, -0.2) is 4.79 Å². The van der Waals surface area contributed by atoms with Gasteiger partial charge in [-0.15, -0.1) is 0 Å². The van der Waals surface area contributed by atoms with Crippen molar-refractivity contribution in [1.29, 1.82) is 0 Å². The lowest BCUT2D eigenvalue weighted by Crippen LogP contribution is -2.13. The monoisotopic (exact) mass is 311 g/mol. The van der Waals surface area contributed by atoms with E-state index >= 15 is 0 Å². The number of methoxy groups -OCH3 is 1. The molecule has 0 atom stereocenters. The van der Waals surface area contributed by atoms with Crippen LogP contribution in [0.2, 0.25) is 0 Å². The number of hydrogen-bond donors (Lipinski definition) is 1. The van der Waals surface area contributed by atoms with Crippen molar-refractivity contribution in [2.75, 3.05) is 12.4 Å². The summed E-state index contributed by atoms with van der Waals surface area (Å²) in [5.74, 6) is -0.497. The van der Waals surface area contributed by atoms with E-state index in [9.17, 15) is 9.59 Å². The molecule has 0 aliphatic rings. The third-order valence-electron chi connectivity index (χ3n) is 3.64. The molecule has 120 valence electrons. The molecule has 1 N–H and O–H groups in total. The summed E-state index contributed by atoms with van der Waals surface area (Å²) >= 11 is 0. The second kappa shape index (κ2) is 8.13. The van der Waals surface area contributed by atoms with Crippen LogP contribution in [-0.4, -0.2) is 19.0 Å². The zero-order valence-corrected chi connectivity index (χ0v) is 13.5. The van der Waals surface area contributed by atoms with Crippen molar-refractivity contribution in [2.24, 2.45) is 0 Å². The van der Waals surface area contributed by atoms with Crippen LogP contribution in [0, 0.1) is 0 Å². The summed E-state index contributed by atoms with van der Waals surface area (Å²) < 4.78 is 4.67. The number of esters is 1. The van der Waals surface area contributed by atoms with Crippen LogP contribution < -0.4 is 5.32 Å². The highest BCUT2D eigenvalue weighted by Crippen LogP contribution is 2.13. The first-order valence-electron chi connectivity index (χ1n) is 7.68. The number of rotatable bonds is 6. The Morgan fingerprint density at radius 1 is 1.04 bits per heavy atom. The molecule has 0 aliphatic carbocycles. The lowest BCUT2D eigenvalue weighted by molar-refractivity contribution is -0.116. The summed E-state index contributed by atoms with van der Waals surface area (Å²) in [6, 6.07) is 15.0. The highest BCUT2D eigenvalue weighted by atomic mass is 16.5. The summed E-state index contributed by atoms with van der Waals surface area (Å²) in [6.45, 7) is 2.12. The summed E-state index contributed by atoms with van der Waals surface area (Å²) in [7, 11) is 1.33. The molecule has 0 fully saturated rings. The predicted molar refractivity (Wildman–Crippen MR) is 90.6 cm³/mol. The minimum atomic E-state index is -0.419. The topological polar surface area (TPSA) is 55.4 Å². The Hall–Kier alpha value is -2.62. The van der Waals surface area contributed by atoms with Crippen molar-refractivity contribution in [3.63, 3.8) is 0 Å². The molecule has 2 rings (SSSR count). The van der Waals surface area contributed by atoms with Gasteiger partial charge in [0.05, 0.1) is 12.7 Å². The molecule has 4 nitrogen and oxygen atoms in total. The number of carbonyl (C=O) groups excluding carboxylic acids is 2. The molecule has 2 aromatic carbocycles. The van der Waals surface area contributed by atoms with Crippen LogP contribution in [0.1, 0.15) is 34.8 Å². The molecule has 0 radical (unpaired) electrons. The van der Waals surface area contributed by atoms with Crippen molar-refractivity contribution in [1.82, 2.24) is 0 Å². The summed E-state index contributed by atoms with van der Waals surface area (Å²) in [4.78, 5) is 23.5. The van der Waals surface area contributed by atoms with Crippen LogP contribution >= 0.6 is 0 Å². The van der Waals surface area contributed by atoms with Crippen molar-refractivity contribution in [3.8, 4) is 0 Å². The van der Waals surface area contributed by atoms with Crippen molar-refractivity contribution in [3.05, 3.63) is 65.2 Å². The minimum absolute atomic E-state index is 0.0772. The van der Waals surface area contributed by atoms with E-state index in [1.165, 1.54) is 12.7 Å². The Morgan fingerprint density at radius 3 is 2.39 bits per heavy atom. The fourth-order valence-corrected chi connectivity index (χ4v) is 2.26. The highest BCUT2D eigenvalue weighted by Gasteiger charge is 2.08. The standard InChI is InChI=1S/C19H21NO3/c1-3-14-7-9-15(10-8-14)11-12-18(21)20-17-6-4-5-16(13-17)19(22)23-2/h4-10,13H,3,11-12H2,1-2H3,(H,20,21). The van der Waals surface area contributed by atoms with Gasteiger partial charge < -0.3 is 10.1 Å². The van der Waals surface area contributed by atoms with E-state index in [-0.39, 0.29) is 5.91 Å². The average Bonchev–Trinajstić information content (AvgIpc) is 2.60. The molecule has 0 aliphatic heterocycles. The molecule has 0 saturated heterocycles. The molecule has 0 aromatic heterocycles. The van der Waals surface area contributed by atoms with E-state index in [1.807, 2.05) is 0 Å². The van der Waals surface area contributed by atoms with E-state index in [4.69, 9.17) is 0 Å². The van der Waals surface area contributed by atoms with Gasteiger partial charge in [0, 0.05) is 12.1 Å². The summed E-state index contributed by atoms with van der Waals surface area (Å²) in [5, 5.41) is 2.81. The minimum Gasteiger partial charge on any atom is -0.465 e.